The molecule has 0 radical (unpaired) electrons. The third kappa shape index (κ3) is 4.06. The first-order valence-electron chi connectivity index (χ1n) is 7.57. The summed E-state index contributed by atoms with van der Waals surface area (Å²) in [5.74, 6) is 0.496. The van der Waals surface area contributed by atoms with Crippen molar-refractivity contribution in [2.45, 2.75) is 6.61 Å². The van der Waals surface area contributed by atoms with E-state index < -0.39 is 0 Å². The molecule has 0 aliphatic carbocycles. The molecule has 3 nitrogen and oxygen atoms in total. The zero-order chi connectivity index (χ0) is 16.1. The Morgan fingerprint density at radius 3 is 2.52 bits per heavy atom. The Balaban J connectivity index is 1.72. The Labute approximate surface area is 140 Å². The largest absolute Gasteiger partial charge is 0.488 e. The number of benzene rings is 2. The minimum Gasteiger partial charge on any atom is -0.488 e. The van der Waals surface area contributed by atoms with Crippen molar-refractivity contribution in [1.29, 1.82) is 0 Å². The van der Waals surface area contributed by atoms with Gasteiger partial charge in [-0.05, 0) is 29.8 Å². The molecule has 0 bridgehead atoms. The Hall–Kier alpha value is -1.98. The minimum absolute atomic E-state index is 0.248. The first-order chi connectivity index (χ1) is 11.2. The van der Waals surface area contributed by atoms with Crippen molar-refractivity contribution in [2.75, 3.05) is 26.3 Å². The molecular formula is C18H18FNO2S. The van der Waals surface area contributed by atoms with Crippen LogP contribution in [0.15, 0.2) is 48.5 Å². The van der Waals surface area contributed by atoms with Crippen molar-refractivity contribution in [1.82, 2.24) is 4.90 Å². The van der Waals surface area contributed by atoms with Crippen LogP contribution in [0, 0.1) is 5.82 Å². The van der Waals surface area contributed by atoms with Gasteiger partial charge >= 0.3 is 0 Å². The molecule has 0 atom stereocenters. The van der Waals surface area contributed by atoms with E-state index in [0.29, 0.717) is 19.8 Å². The molecule has 0 aromatic heterocycles. The van der Waals surface area contributed by atoms with Gasteiger partial charge in [-0.1, -0.05) is 36.5 Å². The highest BCUT2D eigenvalue weighted by Crippen LogP contribution is 2.22. The van der Waals surface area contributed by atoms with Crippen molar-refractivity contribution in [2.24, 2.45) is 0 Å². The Bertz CT molecular complexity index is 669. The highest BCUT2D eigenvalue weighted by Gasteiger charge is 2.18. The van der Waals surface area contributed by atoms with E-state index in [-0.39, 0.29) is 5.82 Å². The predicted molar refractivity (Wildman–Crippen MR) is 91.3 cm³/mol. The number of rotatable bonds is 4. The number of halogens is 1. The van der Waals surface area contributed by atoms with Crippen LogP contribution in [0.3, 0.4) is 0 Å². The summed E-state index contributed by atoms with van der Waals surface area (Å²) < 4.78 is 24.2. The molecule has 1 heterocycles. The molecule has 1 fully saturated rings. The van der Waals surface area contributed by atoms with E-state index in [4.69, 9.17) is 21.7 Å². The van der Waals surface area contributed by atoms with E-state index in [2.05, 4.69) is 4.90 Å². The van der Waals surface area contributed by atoms with Crippen molar-refractivity contribution in [3.8, 4) is 5.75 Å². The van der Waals surface area contributed by atoms with Crippen LogP contribution in [0.2, 0.25) is 0 Å². The molecule has 1 aliphatic rings. The number of morpholine rings is 1. The van der Waals surface area contributed by atoms with E-state index in [1.54, 1.807) is 12.1 Å². The summed E-state index contributed by atoms with van der Waals surface area (Å²) in [5, 5.41) is 0. The zero-order valence-corrected chi connectivity index (χ0v) is 13.5. The van der Waals surface area contributed by atoms with Gasteiger partial charge in [-0.2, -0.15) is 0 Å². The highest BCUT2D eigenvalue weighted by atomic mass is 32.1. The second-order valence-electron chi connectivity index (χ2n) is 5.32. The fraction of sp³-hybridized carbons (Fsp3) is 0.278. The van der Waals surface area contributed by atoms with E-state index in [1.165, 1.54) is 12.1 Å². The lowest BCUT2D eigenvalue weighted by molar-refractivity contribution is 0.0692. The lowest BCUT2D eigenvalue weighted by Crippen LogP contribution is -2.40. The number of nitrogens with zero attached hydrogens (tertiary/aromatic N) is 1. The first-order valence-corrected chi connectivity index (χ1v) is 7.98. The minimum atomic E-state index is -0.248. The number of hydrogen-bond donors (Lipinski definition) is 0. The number of para-hydroxylation sites is 1. The molecule has 0 N–H and O–H groups in total. The zero-order valence-electron chi connectivity index (χ0n) is 12.7. The molecule has 1 saturated heterocycles. The molecule has 0 unspecified atom stereocenters. The van der Waals surface area contributed by atoms with Gasteiger partial charge in [0.1, 0.15) is 23.2 Å². The fourth-order valence-electron chi connectivity index (χ4n) is 2.45. The molecule has 1 aliphatic heterocycles. The van der Waals surface area contributed by atoms with Crippen LogP contribution < -0.4 is 4.74 Å². The fourth-order valence-corrected chi connectivity index (χ4v) is 2.80. The molecular weight excluding hydrogens is 313 g/mol. The standard InChI is InChI=1S/C18H18FNO2S/c19-15-7-5-14(6-8-15)13-22-17-4-2-1-3-16(17)18(23)20-9-11-21-12-10-20/h1-8H,9-13H2. The molecule has 2 aromatic rings. The second-order valence-corrected chi connectivity index (χ2v) is 5.70. The maximum Gasteiger partial charge on any atom is 0.130 e. The van der Waals surface area contributed by atoms with Crippen molar-refractivity contribution >= 4 is 17.2 Å². The maximum absolute atomic E-state index is 13.0. The van der Waals surface area contributed by atoms with Gasteiger partial charge in [-0.25, -0.2) is 4.39 Å². The van der Waals surface area contributed by atoms with Crippen molar-refractivity contribution < 1.29 is 13.9 Å². The maximum atomic E-state index is 13.0. The SMILES string of the molecule is Fc1ccc(COc2ccccc2C(=S)N2CCOCC2)cc1. The molecule has 0 amide bonds. The number of ether oxygens (including phenoxy) is 2. The summed E-state index contributed by atoms with van der Waals surface area (Å²) in [7, 11) is 0. The van der Waals surface area contributed by atoms with E-state index in [1.807, 2.05) is 24.3 Å². The van der Waals surface area contributed by atoms with Gasteiger partial charge in [-0.3, -0.25) is 0 Å². The van der Waals surface area contributed by atoms with Crippen LogP contribution in [-0.2, 0) is 11.3 Å². The molecule has 5 heteroatoms. The smallest absolute Gasteiger partial charge is 0.130 e. The summed E-state index contributed by atoms with van der Waals surface area (Å²) in [5.41, 5.74) is 1.82. The molecule has 0 saturated carbocycles. The van der Waals surface area contributed by atoms with Gasteiger partial charge in [0.15, 0.2) is 0 Å². The van der Waals surface area contributed by atoms with Crippen molar-refractivity contribution in [3.63, 3.8) is 0 Å². The van der Waals surface area contributed by atoms with Crippen molar-refractivity contribution in [3.05, 3.63) is 65.5 Å². The van der Waals surface area contributed by atoms with Gasteiger partial charge in [0.25, 0.3) is 0 Å². The average Bonchev–Trinajstić information content (AvgIpc) is 2.62. The normalized spacial score (nSPS) is 14.6. The predicted octanol–water partition coefficient (Wildman–Crippen LogP) is 3.41. The van der Waals surface area contributed by atoms with Gasteiger partial charge in [-0.15, -0.1) is 0 Å². The molecule has 120 valence electrons. The molecule has 0 spiro atoms. The summed E-state index contributed by atoms with van der Waals surface area (Å²) >= 11 is 5.62. The molecule has 23 heavy (non-hydrogen) atoms. The van der Waals surface area contributed by atoms with E-state index >= 15 is 0 Å². The average molecular weight is 331 g/mol. The monoisotopic (exact) mass is 331 g/mol. The van der Waals surface area contributed by atoms with Gasteiger partial charge in [0.05, 0.1) is 18.8 Å². The quantitative estimate of drug-likeness (QED) is 0.800. The van der Waals surface area contributed by atoms with E-state index in [9.17, 15) is 4.39 Å². The molecule has 3 rings (SSSR count). The summed E-state index contributed by atoms with van der Waals surface area (Å²) in [4.78, 5) is 2.92. The van der Waals surface area contributed by atoms with Gasteiger partial charge < -0.3 is 14.4 Å². The van der Waals surface area contributed by atoms with Crippen LogP contribution >= 0.6 is 12.2 Å². The van der Waals surface area contributed by atoms with Crippen LogP contribution in [0.5, 0.6) is 5.75 Å². The summed E-state index contributed by atoms with van der Waals surface area (Å²) in [6.45, 7) is 3.36. The lowest BCUT2D eigenvalue weighted by Gasteiger charge is -2.29. The highest BCUT2D eigenvalue weighted by molar-refractivity contribution is 7.80. The Kier molecular flexibility index (Phi) is 5.20. The van der Waals surface area contributed by atoms with Crippen LogP contribution in [0.25, 0.3) is 0 Å². The number of hydrogen-bond acceptors (Lipinski definition) is 3. The number of thiocarbonyl (C=S) groups is 1. The third-order valence-corrected chi connectivity index (χ3v) is 4.20. The summed E-state index contributed by atoms with van der Waals surface area (Å²) in [6.07, 6.45) is 0. The van der Waals surface area contributed by atoms with Gasteiger partial charge in [0, 0.05) is 13.1 Å². The Morgan fingerprint density at radius 1 is 1.09 bits per heavy atom. The first kappa shape index (κ1) is 15.9. The van der Waals surface area contributed by atoms with Crippen LogP contribution in [0.1, 0.15) is 11.1 Å². The second kappa shape index (κ2) is 7.53. The van der Waals surface area contributed by atoms with Crippen LogP contribution in [0.4, 0.5) is 4.39 Å². The third-order valence-electron chi connectivity index (χ3n) is 3.72. The van der Waals surface area contributed by atoms with Crippen LogP contribution in [-0.4, -0.2) is 36.2 Å². The summed E-state index contributed by atoms with van der Waals surface area (Å²) in [6, 6.07) is 14.1. The topological polar surface area (TPSA) is 21.7 Å². The Morgan fingerprint density at radius 2 is 1.78 bits per heavy atom. The van der Waals surface area contributed by atoms with Gasteiger partial charge in [0.2, 0.25) is 0 Å². The van der Waals surface area contributed by atoms with E-state index in [0.717, 1.165) is 35.0 Å². The lowest BCUT2D eigenvalue weighted by atomic mass is 10.1. The molecule has 2 aromatic carbocycles.